The first-order valence-corrected chi connectivity index (χ1v) is 8.63. The molecule has 0 spiro atoms. The summed E-state index contributed by atoms with van der Waals surface area (Å²) < 4.78 is 7.16. The first kappa shape index (κ1) is 17.7. The second-order valence-electron chi connectivity index (χ2n) is 5.89. The summed E-state index contributed by atoms with van der Waals surface area (Å²) in [6.45, 7) is 2.57. The van der Waals surface area contributed by atoms with Crippen LogP contribution in [0.5, 0.6) is 11.6 Å². The molecule has 6 heteroatoms. The number of aromatic nitrogens is 1. The van der Waals surface area contributed by atoms with Crippen molar-refractivity contribution in [2.45, 2.75) is 26.3 Å². The van der Waals surface area contributed by atoms with E-state index < -0.39 is 5.91 Å². The number of hydrogen-bond acceptors (Lipinski definition) is 4. The van der Waals surface area contributed by atoms with Crippen LogP contribution in [-0.4, -0.2) is 22.2 Å². The number of carbonyl (C=O) groups excluding carboxylic acids is 1. The van der Waals surface area contributed by atoms with E-state index in [4.69, 9.17) is 4.74 Å². The summed E-state index contributed by atoms with van der Waals surface area (Å²) in [5.41, 5.74) is 1.19. The lowest BCUT2D eigenvalue weighted by molar-refractivity contribution is -0.120. The highest BCUT2D eigenvalue weighted by atomic mass is 16.5. The van der Waals surface area contributed by atoms with Crippen molar-refractivity contribution in [2.24, 2.45) is 10.2 Å². The monoisotopic (exact) mass is 351 g/mol. The maximum Gasteiger partial charge on any atom is 0.302 e. The van der Waals surface area contributed by atoms with Crippen LogP contribution in [-0.2, 0) is 11.3 Å². The minimum absolute atomic E-state index is 0.0279. The van der Waals surface area contributed by atoms with Gasteiger partial charge in [-0.2, -0.15) is 0 Å². The number of nitrogens with zero attached hydrogens (tertiary/aromatic N) is 3. The minimum Gasteiger partial charge on any atom is -0.493 e. The molecule has 3 aromatic rings. The van der Waals surface area contributed by atoms with Gasteiger partial charge in [0.2, 0.25) is 5.88 Å². The number of aromatic hydroxyl groups is 1. The molecule has 0 unspecified atom stereocenters. The molecular formula is C20H21N3O3. The Balaban J connectivity index is 1.78. The Kier molecular flexibility index (Phi) is 5.63. The summed E-state index contributed by atoms with van der Waals surface area (Å²) in [6, 6.07) is 16.6. The van der Waals surface area contributed by atoms with Crippen LogP contribution in [0.3, 0.4) is 0 Å². The Morgan fingerprint density at radius 1 is 1.12 bits per heavy atom. The third-order valence-corrected chi connectivity index (χ3v) is 4.02. The van der Waals surface area contributed by atoms with Crippen molar-refractivity contribution >= 4 is 22.5 Å². The largest absolute Gasteiger partial charge is 0.493 e. The van der Waals surface area contributed by atoms with Gasteiger partial charge in [-0.15, -0.1) is 10.2 Å². The van der Waals surface area contributed by atoms with E-state index >= 15 is 0 Å². The Bertz CT molecular complexity index is 917. The van der Waals surface area contributed by atoms with Crippen molar-refractivity contribution in [3.63, 3.8) is 0 Å². The number of azo groups is 1. The smallest absolute Gasteiger partial charge is 0.302 e. The molecule has 26 heavy (non-hydrogen) atoms. The van der Waals surface area contributed by atoms with Crippen molar-refractivity contribution in [3.05, 3.63) is 54.6 Å². The predicted molar refractivity (Wildman–Crippen MR) is 100.0 cm³/mol. The molecule has 1 amide bonds. The first-order valence-electron chi connectivity index (χ1n) is 8.63. The Morgan fingerprint density at radius 2 is 1.85 bits per heavy atom. The number of ether oxygens (including phenoxy) is 1. The summed E-state index contributed by atoms with van der Waals surface area (Å²) in [5, 5.41) is 19.0. The lowest BCUT2D eigenvalue weighted by Crippen LogP contribution is -2.07. The van der Waals surface area contributed by atoms with Gasteiger partial charge in [0.1, 0.15) is 5.75 Å². The molecule has 0 saturated carbocycles. The minimum atomic E-state index is -0.515. The van der Waals surface area contributed by atoms with Crippen LogP contribution in [0, 0.1) is 0 Å². The van der Waals surface area contributed by atoms with Gasteiger partial charge in [-0.1, -0.05) is 49.7 Å². The fourth-order valence-electron chi connectivity index (χ4n) is 2.71. The maximum atomic E-state index is 11.9. The molecule has 6 nitrogen and oxygen atoms in total. The SMILES string of the molecule is CCCCn1c(O)c(N=NC(=O)COc2ccccc2)c2ccccc21. The Hall–Kier alpha value is -3.15. The molecule has 1 N–H and O–H groups in total. The molecule has 1 aromatic heterocycles. The molecule has 1 heterocycles. The van der Waals surface area contributed by atoms with Gasteiger partial charge in [0.15, 0.2) is 12.3 Å². The van der Waals surface area contributed by atoms with Crippen molar-refractivity contribution < 1.29 is 14.6 Å². The zero-order valence-electron chi connectivity index (χ0n) is 14.6. The van der Waals surface area contributed by atoms with Crippen molar-refractivity contribution in [1.82, 2.24) is 4.57 Å². The Morgan fingerprint density at radius 3 is 2.62 bits per heavy atom. The van der Waals surface area contributed by atoms with Crippen molar-refractivity contribution in [1.29, 1.82) is 0 Å². The van der Waals surface area contributed by atoms with Gasteiger partial charge in [-0.3, -0.25) is 4.79 Å². The van der Waals surface area contributed by atoms with Gasteiger partial charge < -0.3 is 14.4 Å². The van der Waals surface area contributed by atoms with Gasteiger partial charge >= 0.3 is 5.91 Å². The molecule has 0 aliphatic heterocycles. The molecule has 0 aliphatic carbocycles. The van der Waals surface area contributed by atoms with Crippen molar-refractivity contribution in [3.8, 4) is 11.6 Å². The molecule has 3 rings (SSSR count). The number of carbonyl (C=O) groups is 1. The highest BCUT2D eigenvalue weighted by Gasteiger charge is 2.16. The zero-order valence-corrected chi connectivity index (χ0v) is 14.6. The molecule has 0 saturated heterocycles. The molecule has 0 fully saturated rings. The number of hydrogen-bond donors (Lipinski definition) is 1. The van der Waals surface area contributed by atoms with E-state index in [1.807, 2.05) is 42.5 Å². The van der Waals surface area contributed by atoms with Crippen LogP contribution in [0.1, 0.15) is 19.8 Å². The highest BCUT2D eigenvalue weighted by Crippen LogP contribution is 2.38. The number of benzene rings is 2. The van der Waals surface area contributed by atoms with Gasteiger partial charge in [0.05, 0.1) is 5.52 Å². The van der Waals surface area contributed by atoms with Crippen LogP contribution in [0.4, 0.5) is 5.69 Å². The van der Waals surface area contributed by atoms with Crippen LogP contribution in [0.25, 0.3) is 10.9 Å². The van der Waals surface area contributed by atoms with E-state index in [1.54, 1.807) is 16.7 Å². The number of fused-ring (bicyclic) bond motifs is 1. The average Bonchev–Trinajstić information content (AvgIpc) is 2.95. The average molecular weight is 351 g/mol. The maximum absolute atomic E-state index is 11.9. The molecule has 0 atom stereocenters. The molecule has 134 valence electrons. The van der Waals surface area contributed by atoms with Gasteiger partial charge in [-0.25, -0.2) is 0 Å². The first-order chi connectivity index (χ1) is 12.7. The normalized spacial score (nSPS) is 11.3. The number of aryl methyl sites for hydroxylation is 1. The van der Waals surface area contributed by atoms with Gasteiger partial charge in [-0.05, 0) is 24.6 Å². The number of rotatable bonds is 7. The number of amides is 1. The molecular weight excluding hydrogens is 330 g/mol. The van der Waals surface area contributed by atoms with E-state index in [-0.39, 0.29) is 12.5 Å². The second-order valence-corrected chi connectivity index (χ2v) is 5.89. The third-order valence-electron chi connectivity index (χ3n) is 4.02. The number of para-hydroxylation sites is 2. The molecule has 2 aromatic carbocycles. The van der Waals surface area contributed by atoms with Crippen LogP contribution < -0.4 is 4.74 Å². The highest BCUT2D eigenvalue weighted by molar-refractivity contribution is 5.95. The van der Waals surface area contributed by atoms with E-state index in [9.17, 15) is 9.90 Å². The Labute approximate surface area is 151 Å². The predicted octanol–water partition coefficient (Wildman–Crippen LogP) is 4.84. The fourth-order valence-corrected chi connectivity index (χ4v) is 2.71. The second kappa shape index (κ2) is 8.29. The summed E-state index contributed by atoms with van der Waals surface area (Å²) in [5.74, 6) is 0.105. The summed E-state index contributed by atoms with van der Waals surface area (Å²) >= 11 is 0. The zero-order chi connectivity index (χ0) is 18.4. The van der Waals surface area contributed by atoms with E-state index in [1.165, 1.54) is 0 Å². The summed E-state index contributed by atoms with van der Waals surface area (Å²) in [6.07, 6.45) is 1.95. The summed E-state index contributed by atoms with van der Waals surface area (Å²) in [7, 11) is 0. The fraction of sp³-hybridized carbons (Fsp3) is 0.250. The molecule has 0 bridgehead atoms. The topological polar surface area (TPSA) is 76.2 Å². The molecule has 0 radical (unpaired) electrons. The quantitative estimate of drug-likeness (QED) is 0.619. The number of unbranched alkanes of at least 4 members (excludes halogenated alkanes) is 1. The van der Waals surface area contributed by atoms with E-state index in [0.29, 0.717) is 18.0 Å². The van der Waals surface area contributed by atoms with Crippen LogP contribution in [0.15, 0.2) is 64.8 Å². The van der Waals surface area contributed by atoms with Crippen LogP contribution in [0.2, 0.25) is 0 Å². The van der Waals surface area contributed by atoms with E-state index in [2.05, 4.69) is 17.2 Å². The lowest BCUT2D eigenvalue weighted by Gasteiger charge is -2.05. The van der Waals surface area contributed by atoms with E-state index in [0.717, 1.165) is 23.7 Å². The summed E-state index contributed by atoms with van der Waals surface area (Å²) in [4.78, 5) is 11.9. The van der Waals surface area contributed by atoms with Crippen LogP contribution >= 0.6 is 0 Å². The van der Waals surface area contributed by atoms with Gasteiger partial charge in [0, 0.05) is 11.9 Å². The van der Waals surface area contributed by atoms with Gasteiger partial charge in [0.25, 0.3) is 0 Å². The van der Waals surface area contributed by atoms with Crippen molar-refractivity contribution in [2.75, 3.05) is 6.61 Å². The molecule has 0 aliphatic rings. The lowest BCUT2D eigenvalue weighted by atomic mass is 10.2. The third kappa shape index (κ3) is 3.91. The standard InChI is InChI=1S/C20H21N3O3/c1-2-3-13-23-17-12-8-7-11-16(17)19(20(23)25)22-21-18(24)14-26-15-9-5-4-6-10-15/h4-12,25H,2-3,13-14H2,1H3.